The standard InChI is InChI=1S/C10H10ClN3/c11-7-3-4-14-8(5-7)9(12)13-10(14)6-1-2-6/h3-6H,1-2,12H2. The van der Waals surface area contributed by atoms with Crippen LogP contribution < -0.4 is 5.73 Å². The molecule has 2 N–H and O–H groups in total. The van der Waals surface area contributed by atoms with Crippen molar-refractivity contribution in [3.63, 3.8) is 0 Å². The van der Waals surface area contributed by atoms with Gasteiger partial charge in [0.25, 0.3) is 0 Å². The molecule has 1 aliphatic carbocycles. The number of nitrogens with two attached hydrogens (primary N) is 1. The van der Waals surface area contributed by atoms with E-state index in [1.807, 2.05) is 22.7 Å². The summed E-state index contributed by atoms with van der Waals surface area (Å²) in [6.45, 7) is 0. The van der Waals surface area contributed by atoms with Crippen molar-refractivity contribution in [1.29, 1.82) is 0 Å². The van der Waals surface area contributed by atoms with Gasteiger partial charge in [-0.25, -0.2) is 4.98 Å². The Bertz CT molecular complexity index is 499. The average Bonchev–Trinajstić information content (AvgIpc) is 2.94. The van der Waals surface area contributed by atoms with Crippen molar-refractivity contribution in [2.45, 2.75) is 18.8 Å². The van der Waals surface area contributed by atoms with Gasteiger partial charge >= 0.3 is 0 Å². The van der Waals surface area contributed by atoms with Crippen LogP contribution in [0.2, 0.25) is 5.02 Å². The van der Waals surface area contributed by atoms with Crippen LogP contribution in [0.15, 0.2) is 18.3 Å². The maximum Gasteiger partial charge on any atom is 0.149 e. The van der Waals surface area contributed by atoms with Crippen LogP contribution in [0.3, 0.4) is 0 Å². The van der Waals surface area contributed by atoms with E-state index in [2.05, 4.69) is 4.98 Å². The zero-order chi connectivity index (χ0) is 9.71. The van der Waals surface area contributed by atoms with E-state index in [4.69, 9.17) is 17.3 Å². The van der Waals surface area contributed by atoms with Crippen molar-refractivity contribution < 1.29 is 0 Å². The normalized spacial score (nSPS) is 16.4. The first-order chi connectivity index (χ1) is 6.75. The highest BCUT2D eigenvalue weighted by atomic mass is 35.5. The van der Waals surface area contributed by atoms with Crippen molar-refractivity contribution in [3.05, 3.63) is 29.2 Å². The first kappa shape index (κ1) is 8.12. The quantitative estimate of drug-likeness (QED) is 0.781. The van der Waals surface area contributed by atoms with E-state index in [-0.39, 0.29) is 0 Å². The highest BCUT2D eigenvalue weighted by Crippen LogP contribution is 2.40. The molecule has 2 aromatic heterocycles. The molecule has 3 rings (SSSR count). The molecule has 1 saturated carbocycles. The van der Waals surface area contributed by atoms with Crippen molar-refractivity contribution in [3.8, 4) is 0 Å². The van der Waals surface area contributed by atoms with Gasteiger partial charge in [-0.05, 0) is 25.0 Å². The van der Waals surface area contributed by atoms with Gasteiger partial charge in [0.05, 0.1) is 5.52 Å². The fraction of sp³-hybridized carbons (Fsp3) is 0.300. The van der Waals surface area contributed by atoms with Crippen LogP contribution in [0, 0.1) is 0 Å². The van der Waals surface area contributed by atoms with Crippen LogP contribution >= 0.6 is 11.6 Å². The number of nitrogens with zero attached hydrogens (tertiary/aromatic N) is 2. The van der Waals surface area contributed by atoms with Gasteiger partial charge in [-0.3, -0.25) is 0 Å². The van der Waals surface area contributed by atoms with E-state index in [9.17, 15) is 0 Å². The molecular formula is C10H10ClN3. The van der Waals surface area contributed by atoms with Crippen LogP contribution in [-0.4, -0.2) is 9.38 Å². The molecule has 0 unspecified atom stereocenters. The second kappa shape index (κ2) is 2.64. The Morgan fingerprint density at radius 3 is 3.00 bits per heavy atom. The van der Waals surface area contributed by atoms with Crippen molar-refractivity contribution in [2.24, 2.45) is 0 Å². The Morgan fingerprint density at radius 1 is 1.50 bits per heavy atom. The number of hydrogen-bond donors (Lipinski definition) is 1. The largest absolute Gasteiger partial charge is 0.382 e. The smallest absolute Gasteiger partial charge is 0.149 e. The Morgan fingerprint density at radius 2 is 2.29 bits per heavy atom. The van der Waals surface area contributed by atoms with Crippen LogP contribution in [0.25, 0.3) is 5.52 Å². The minimum Gasteiger partial charge on any atom is -0.382 e. The van der Waals surface area contributed by atoms with E-state index in [1.54, 1.807) is 0 Å². The van der Waals surface area contributed by atoms with Crippen LogP contribution in [0.4, 0.5) is 5.82 Å². The molecule has 0 radical (unpaired) electrons. The lowest BCUT2D eigenvalue weighted by atomic mass is 10.4. The Kier molecular flexibility index (Phi) is 1.53. The van der Waals surface area contributed by atoms with Crippen LogP contribution in [0.1, 0.15) is 24.6 Å². The van der Waals surface area contributed by atoms with Crippen molar-refractivity contribution in [2.75, 3.05) is 5.73 Å². The molecule has 0 spiro atoms. The zero-order valence-corrected chi connectivity index (χ0v) is 8.33. The predicted octanol–water partition coefficient (Wildman–Crippen LogP) is 2.45. The minimum atomic E-state index is 0.578. The lowest BCUT2D eigenvalue weighted by Gasteiger charge is -1.98. The first-order valence-corrected chi connectivity index (χ1v) is 5.06. The molecule has 2 aromatic rings. The molecule has 0 aromatic carbocycles. The first-order valence-electron chi connectivity index (χ1n) is 4.68. The summed E-state index contributed by atoms with van der Waals surface area (Å²) >= 11 is 5.90. The fourth-order valence-electron chi connectivity index (χ4n) is 1.74. The van der Waals surface area contributed by atoms with Gasteiger partial charge in [-0.2, -0.15) is 0 Å². The molecule has 72 valence electrons. The molecule has 0 amide bonds. The monoisotopic (exact) mass is 207 g/mol. The third kappa shape index (κ3) is 1.09. The second-order valence-electron chi connectivity index (χ2n) is 3.73. The van der Waals surface area contributed by atoms with Crippen molar-refractivity contribution in [1.82, 2.24) is 9.38 Å². The number of nitrogen functional groups attached to an aromatic ring is 1. The maximum absolute atomic E-state index is 5.90. The molecule has 0 atom stereocenters. The van der Waals surface area contributed by atoms with Gasteiger partial charge in [-0.15, -0.1) is 0 Å². The van der Waals surface area contributed by atoms with Gasteiger partial charge in [-0.1, -0.05) is 11.6 Å². The number of imidazole rings is 1. The van der Waals surface area contributed by atoms with Crippen molar-refractivity contribution >= 4 is 22.9 Å². The summed E-state index contributed by atoms with van der Waals surface area (Å²) < 4.78 is 2.04. The number of aromatic nitrogens is 2. The van der Waals surface area contributed by atoms with Gasteiger partial charge in [0.1, 0.15) is 11.6 Å². The van der Waals surface area contributed by atoms with E-state index < -0.39 is 0 Å². The maximum atomic E-state index is 5.90. The number of hydrogen-bond acceptors (Lipinski definition) is 2. The highest BCUT2D eigenvalue weighted by Gasteiger charge is 2.28. The predicted molar refractivity (Wildman–Crippen MR) is 56.6 cm³/mol. The van der Waals surface area contributed by atoms with E-state index in [0.717, 1.165) is 11.3 Å². The lowest BCUT2D eigenvalue weighted by Crippen LogP contribution is -1.90. The molecule has 0 aliphatic heterocycles. The Balaban J connectivity index is 2.32. The van der Waals surface area contributed by atoms with Crippen LogP contribution in [0.5, 0.6) is 0 Å². The lowest BCUT2D eigenvalue weighted by molar-refractivity contribution is 0.922. The number of anilines is 1. The molecular weight excluding hydrogens is 198 g/mol. The topological polar surface area (TPSA) is 43.3 Å². The average molecular weight is 208 g/mol. The fourth-order valence-corrected chi connectivity index (χ4v) is 1.90. The summed E-state index contributed by atoms with van der Waals surface area (Å²) in [6.07, 6.45) is 4.39. The third-order valence-electron chi connectivity index (χ3n) is 2.60. The summed E-state index contributed by atoms with van der Waals surface area (Å²) in [7, 11) is 0. The molecule has 0 bridgehead atoms. The summed E-state index contributed by atoms with van der Waals surface area (Å²) in [4.78, 5) is 4.37. The van der Waals surface area contributed by atoms with Crippen LogP contribution in [-0.2, 0) is 0 Å². The molecule has 0 saturated heterocycles. The Labute approximate surface area is 86.5 Å². The molecule has 2 heterocycles. The summed E-state index contributed by atoms with van der Waals surface area (Å²) in [5, 5.41) is 0.700. The molecule has 1 aliphatic rings. The molecule has 1 fully saturated rings. The van der Waals surface area contributed by atoms with Gasteiger partial charge < -0.3 is 10.1 Å². The van der Waals surface area contributed by atoms with E-state index >= 15 is 0 Å². The number of rotatable bonds is 1. The zero-order valence-electron chi connectivity index (χ0n) is 7.57. The third-order valence-corrected chi connectivity index (χ3v) is 2.84. The minimum absolute atomic E-state index is 0.578. The second-order valence-corrected chi connectivity index (χ2v) is 4.17. The van der Waals surface area contributed by atoms with E-state index in [0.29, 0.717) is 16.8 Å². The molecule has 14 heavy (non-hydrogen) atoms. The number of fused-ring (bicyclic) bond motifs is 1. The number of pyridine rings is 1. The SMILES string of the molecule is Nc1nc(C2CC2)n2ccc(Cl)cc12. The molecule has 4 heteroatoms. The number of halogens is 1. The molecule has 3 nitrogen and oxygen atoms in total. The van der Waals surface area contributed by atoms with Gasteiger partial charge in [0.2, 0.25) is 0 Å². The van der Waals surface area contributed by atoms with E-state index in [1.165, 1.54) is 12.8 Å². The highest BCUT2D eigenvalue weighted by molar-refractivity contribution is 6.31. The summed E-state index contributed by atoms with van der Waals surface area (Å²) in [5.41, 5.74) is 6.74. The van der Waals surface area contributed by atoms with Gasteiger partial charge in [0, 0.05) is 17.1 Å². The summed E-state index contributed by atoms with van der Waals surface area (Å²) in [6, 6.07) is 3.72. The summed E-state index contributed by atoms with van der Waals surface area (Å²) in [5.74, 6) is 2.25. The Hall–Kier alpha value is -1.22. The van der Waals surface area contributed by atoms with Gasteiger partial charge in [0.15, 0.2) is 0 Å².